The number of rotatable bonds is 4. The highest BCUT2D eigenvalue weighted by molar-refractivity contribution is 7.20. The van der Waals surface area contributed by atoms with Crippen molar-refractivity contribution in [2.24, 2.45) is 0 Å². The minimum absolute atomic E-state index is 0.0536. The van der Waals surface area contributed by atoms with Crippen LogP contribution >= 0.6 is 22.7 Å². The fourth-order valence-corrected chi connectivity index (χ4v) is 3.22. The first-order valence-corrected chi connectivity index (χ1v) is 8.20. The van der Waals surface area contributed by atoms with Crippen molar-refractivity contribution in [1.29, 1.82) is 0 Å². The molecule has 0 saturated heterocycles. The summed E-state index contributed by atoms with van der Waals surface area (Å²) in [7, 11) is 0. The van der Waals surface area contributed by atoms with Crippen molar-refractivity contribution in [1.82, 2.24) is 15.6 Å². The van der Waals surface area contributed by atoms with Gasteiger partial charge < -0.3 is 10.6 Å². The van der Waals surface area contributed by atoms with Gasteiger partial charge in [0.05, 0.1) is 11.4 Å². The van der Waals surface area contributed by atoms with Gasteiger partial charge in [-0.25, -0.2) is 4.98 Å². The van der Waals surface area contributed by atoms with Crippen molar-refractivity contribution in [2.75, 3.05) is 6.54 Å². The van der Waals surface area contributed by atoms with E-state index < -0.39 is 0 Å². The number of nitrogens with one attached hydrogen (secondary N) is 2. The van der Waals surface area contributed by atoms with Gasteiger partial charge in [0.25, 0.3) is 5.91 Å². The molecule has 0 unspecified atom stereocenters. The molecule has 2 amide bonds. The Kier molecular flexibility index (Phi) is 4.74. The van der Waals surface area contributed by atoms with Crippen LogP contribution in [0, 0.1) is 0 Å². The molecule has 0 saturated carbocycles. The monoisotopic (exact) mass is 323 g/mol. The summed E-state index contributed by atoms with van der Waals surface area (Å²) >= 11 is 3.00. The first-order chi connectivity index (χ1) is 9.85. The van der Waals surface area contributed by atoms with E-state index in [2.05, 4.69) is 15.6 Å². The third-order valence-electron chi connectivity index (χ3n) is 2.39. The van der Waals surface area contributed by atoms with E-state index in [0.717, 1.165) is 9.88 Å². The van der Waals surface area contributed by atoms with Gasteiger partial charge in [-0.2, -0.15) is 0 Å². The van der Waals surface area contributed by atoms with E-state index >= 15 is 0 Å². The van der Waals surface area contributed by atoms with E-state index in [1.165, 1.54) is 11.3 Å². The van der Waals surface area contributed by atoms with Gasteiger partial charge in [-0.15, -0.1) is 22.7 Å². The molecule has 2 N–H and O–H groups in total. The van der Waals surface area contributed by atoms with Crippen LogP contribution in [0.2, 0.25) is 0 Å². The first-order valence-electron chi connectivity index (χ1n) is 6.44. The van der Waals surface area contributed by atoms with Crippen LogP contribution < -0.4 is 10.6 Å². The Hall–Kier alpha value is -1.73. The highest BCUT2D eigenvalue weighted by Gasteiger charge is 2.16. The Bertz CT molecular complexity index is 627. The van der Waals surface area contributed by atoms with Gasteiger partial charge in [0.1, 0.15) is 10.7 Å². The second kappa shape index (κ2) is 6.36. The predicted molar refractivity (Wildman–Crippen MR) is 85.7 cm³/mol. The smallest absolute Gasteiger partial charge is 0.271 e. The number of aromatic nitrogens is 1. The number of nitrogens with zero attached hydrogens (tertiary/aromatic N) is 1. The molecule has 2 aromatic heterocycles. The zero-order valence-electron chi connectivity index (χ0n) is 12.1. The second-order valence-electron chi connectivity index (χ2n) is 5.50. The van der Waals surface area contributed by atoms with Gasteiger partial charge in [0, 0.05) is 10.9 Å². The number of thiazole rings is 1. The van der Waals surface area contributed by atoms with Gasteiger partial charge in [-0.3, -0.25) is 9.59 Å². The molecular weight excluding hydrogens is 306 g/mol. The molecule has 7 heteroatoms. The molecule has 0 aliphatic rings. The molecule has 0 spiro atoms. The molecule has 2 rings (SSSR count). The average Bonchev–Trinajstić information content (AvgIpc) is 3.03. The van der Waals surface area contributed by atoms with Crippen LogP contribution in [0.5, 0.6) is 0 Å². The maximum Gasteiger partial charge on any atom is 0.271 e. The van der Waals surface area contributed by atoms with E-state index in [4.69, 9.17) is 0 Å². The zero-order chi connectivity index (χ0) is 15.5. The van der Waals surface area contributed by atoms with Crippen LogP contribution in [0.1, 0.15) is 31.3 Å². The standard InChI is InChI=1S/C14H17N3O2S2/c1-14(2,3)17-11(18)7-15-12(19)9-8-21-13(16-9)10-5-4-6-20-10/h4-6,8H,7H2,1-3H3,(H,15,19)(H,17,18). The minimum Gasteiger partial charge on any atom is -0.350 e. The van der Waals surface area contributed by atoms with Crippen molar-refractivity contribution in [2.45, 2.75) is 26.3 Å². The average molecular weight is 323 g/mol. The molecule has 0 radical (unpaired) electrons. The van der Waals surface area contributed by atoms with Crippen LogP contribution in [0.4, 0.5) is 0 Å². The summed E-state index contributed by atoms with van der Waals surface area (Å²) in [5.74, 6) is -0.553. The molecular formula is C14H17N3O2S2. The van der Waals surface area contributed by atoms with E-state index in [-0.39, 0.29) is 23.9 Å². The fraction of sp³-hybridized carbons (Fsp3) is 0.357. The summed E-state index contributed by atoms with van der Waals surface area (Å²) < 4.78 is 0. The molecule has 0 bridgehead atoms. The molecule has 5 nitrogen and oxygen atoms in total. The summed E-state index contributed by atoms with van der Waals surface area (Å²) in [5.41, 5.74) is 0.0290. The predicted octanol–water partition coefficient (Wildman–Crippen LogP) is 2.52. The van der Waals surface area contributed by atoms with Gasteiger partial charge in [0.2, 0.25) is 5.91 Å². The molecule has 0 atom stereocenters. The lowest BCUT2D eigenvalue weighted by Crippen LogP contribution is -2.45. The van der Waals surface area contributed by atoms with Crippen molar-refractivity contribution in [3.8, 4) is 9.88 Å². The van der Waals surface area contributed by atoms with Gasteiger partial charge in [-0.1, -0.05) is 6.07 Å². The number of carbonyl (C=O) groups is 2. The Labute approximate surface area is 131 Å². The van der Waals surface area contributed by atoms with Crippen molar-refractivity contribution < 1.29 is 9.59 Å². The summed E-state index contributed by atoms with van der Waals surface area (Å²) in [6.45, 7) is 5.61. The lowest BCUT2D eigenvalue weighted by atomic mass is 10.1. The molecule has 21 heavy (non-hydrogen) atoms. The quantitative estimate of drug-likeness (QED) is 0.908. The summed E-state index contributed by atoms with van der Waals surface area (Å²) in [4.78, 5) is 28.9. The van der Waals surface area contributed by atoms with Crippen molar-refractivity contribution >= 4 is 34.5 Å². The highest BCUT2D eigenvalue weighted by Crippen LogP contribution is 2.27. The summed E-state index contributed by atoms with van der Waals surface area (Å²) in [5, 5.41) is 9.84. The first kappa shape index (κ1) is 15.7. The number of amides is 2. The molecule has 112 valence electrons. The van der Waals surface area contributed by atoms with Gasteiger partial charge in [-0.05, 0) is 32.2 Å². The maximum atomic E-state index is 12.0. The van der Waals surface area contributed by atoms with Crippen molar-refractivity contribution in [3.63, 3.8) is 0 Å². The van der Waals surface area contributed by atoms with Crippen LogP contribution in [0.15, 0.2) is 22.9 Å². The Morgan fingerprint density at radius 2 is 2.05 bits per heavy atom. The molecule has 0 fully saturated rings. The topological polar surface area (TPSA) is 71.1 Å². The van der Waals surface area contributed by atoms with Crippen LogP contribution in [0.25, 0.3) is 9.88 Å². The van der Waals surface area contributed by atoms with E-state index in [1.807, 2.05) is 38.3 Å². The van der Waals surface area contributed by atoms with Gasteiger partial charge in [0.15, 0.2) is 0 Å². The van der Waals surface area contributed by atoms with Crippen LogP contribution in [-0.2, 0) is 4.79 Å². The van der Waals surface area contributed by atoms with Crippen molar-refractivity contribution in [3.05, 3.63) is 28.6 Å². The normalized spacial score (nSPS) is 11.2. The van der Waals surface area contributed by atoms with E-state index in [1.54, 1.807) is 16.7 Å². The van der Waals surface area contributed by atoms with Gasteiger partial charge >= 0.3 is 0 Å². The van der Waals surface area contributed by atoms with E-state index in [0.29, 0.717) is 5.69 Å². The molecule has 2 heterocycles. The summed E-state index contributed by atoms with van der Waals surface area (Å²) in [6, 6.07) is 3.90. The SMILES string of the molecule is CC(C)(C)NC(=O)CNC(=O)c1csc(-c2cccs2)n1. The highest BCUT2D eigenvalue weighted by atomic mass is 32.1. The lowest BCUT2D eigenvalue weighted by Gasteiger charge is -2.20. The lowest BCUT2D eigenvalue weighted by molar-refractivity contribution is -0.121. The third-order valence-corrected chi connectivity index (χ3v) is 4.27. The third kappa shape index (κ3) is 4.64. The number of thiophene rings is 1. The Morgan fingerprint density at radius 3 is 2.67 bits per heavy atom. The largest absolute Gasteiger partial charge is 0.350 e. The Balaban J connectivity index is 1.91. The summed E-state index contributed by atoms with van der Waals surface area (Å²) in [6.07, 6.45) is 0. The number of carbonyl (C=O) groups excluding carboxylic acids is 2. The number of hydrogen-bond acceptors (Lipinski definition) is 5. The maximum absolute atomic E-state index is 12.0. The molecule has 0 aromatic carbocycles. The van der Waals surface area contributed by atoms with E-state index in [9.17, 15) is 9.59 Å². The number of hydrogen-bond donors (Lipinski definition) is 2. The Morgan fingerprint density at radius 1 is 1.29 bits per heavy atom. The minimum atomic E-state index is -0.335. The molecule has 0 aliphatic heterocycles. The fourth-order valence-electron chi connectivity index (χ4n) is 1.61. The zero-order valence-corrected chi connectivity index (χ0v) is 13.7. The second-order valence-corrected chi connectivity index (χ2v) is 7.30. The molecule has 0 aliphatic carbocycles. The van der Waals surface area contributed by atoms with Crippen LogP contribution in [-0.4, -0.2) is 28.9 Å². The molecule has 2 aromatic rings. The van der Waals surface area contributed by atoms with Crippen LogP contribution in [0.3, 0.4) is 0 Å².